The van der Waals surface area contributed by atoms with Crippen LogP contribution in [0, 0.1) is 0 Å². The highest BCUT2D eigenvalue weighted by Crippen LogP contribution is 2.32. The van der Waals surface area contributed by atoms with Crippen LogP contribution in [0.25, 0.3) is 11.3 Å². The molecule has 29 heavy (non-hydrogen) atoms. The number of para-hydroxylation sites is 1. The molecule has 0 saturated heterocycles. The first kappa shape index (κ1) is 19.4. The van der Waals surface area contributed by atoms with Gasteiger partial charge in [-0.05, 0) is 31.8 Å². The third-order valence-corrected chi connectivity index (χ3v) is 5.36. The van der Waals surface area contributed by atoms with Crippen LogP contribution < -0.4 is 10.6 Å². The van der Waals surface area contributed by atoms with Gasteiger partial charge in [-0.25, -0.2) is 9.97 Å². The lowest BCUT2D eigenvalue weighted by molar-refractivity contribution is -0.115. The van der Waals surface area contributed by atoms with Gasteiger partial charge in [0.1, 0.15) is 0 Å². The molecule has 0 radical (unpaired) electrons. The number of likely N-dealkylation sites (N-methyl/N-ethyl adjacent to an activating group) is 1. The van der Waals surface area contributed by atoms with Crippen LogP contribution in [-0.4, -0.2) is 41.4 Å². The molecule has 1 unspecified atom stereocenters. The fraction of sp³-hybridized carbons (Fsp3) is 0.227. The zero-order valence-electron chi connectivity index (χ0n) is 16.3. The second kappa shape index (κ2) is 8.19. The number of amides is 1. The van der Waals surface area contributed by atoms with Gasteiger partial charge < -0.3 is 15.5 Å². The lowest BCUT2D eigenvalue weighted by atomic mass is 10.1. The Bertz CT molecular complexity index is 1050. The molecule has 2 aromatic carbocycles. The molecule has 6 nitrogen and oxygen atoms in total. The minimum Gasteiger partial charge on any atom is -0.352 e. The quantitative estimate of drug-likeness (QED) is 0.668. The van der Waals surface area contributed by atoms with E-state index in [1.807, 2.05) is 62.6 Å². The van der Waals surface area contributed by atoms with Gasteiger partial charge in [-0.1, -0.05) is 48.0 Å². The highest BCUT2D eigenvalue weighted by molar-refractivity contribution is 6.31. The van der Waals surface area contributed by atoms with E-state index in [1.165, 1.54) is 0 Å². The topological polar surface area (TPSA) is 70.2 Å². The van der Waals surface area contributed by atoms with Crippen LogP contribution in [0.4, 0.5) is 11.6 Å². The highest BCUT2D eigenvalue weighted by atomic mass is 35.5. The summed E-state index contributed by atoms with van der Waals surface area (Å²) in [6.07, 6.45) is 1.98. The average Bonchev–Trinajstić information content (AvgIpc) is 2.84. The lowest BCUT2D eigenvalue weighted by Gasteiger charge is -2.26. The van der Waals surface area contributed by atoms with Crippen LogP contribution in [0.5, 0.6) is 0 Å². The second-order valence-corrected chi connectivity index (χ2v) is 7.63. The van der Waals surface area contributed by atoms with Crippen molar-refractivity contribution in [3.05, 3.63) is 70.9 Å². The van der Waals surface area contributed by atoms with E-state index >= 15 is 0 Å². The number of hydrogen-bond acceptors (Lipinski definition) is 5. The molecule has 0 fully saturated rings. The van der Waals surface area contributed by atoms with Gasteiger partial charge in [0.05, 0.1) is 23.8 Å². The first-order valence-electron chi connectivity index (χ1n) is 9.43. The minimum atomic E-state index is -0.0631. The van der Waals surface area contributed by atoms with Crippen LogP contribution in [0.3, 0.4) is 0 Å². The normalized spacial score (nSPS) is 13.9. The summed E-state index contributed by atoms with van der Waals surface area (Å²) in [4.78, 5) is 23.4. The molecule has 3 aromatic rings. The van der Waals surface area contributed by atoms with Gasteiger partial charge in [0, 0.05) is 28.9 Å². The molecule has 1 aliphatic rings. The molecule has 1 amide bonds. The number of aromatic nitrogens is 2. The standard InChI is InChI=1S/C22H22ClN5O/c1-28(2)19(15-7-3-5-9-17(15)23)13-25-22-24-12-14-11-20(29)26-18-10-6-4-8-16(18)21(14)27-22/h3-10,12,19H,11,13H2,1-2H3,(H,26,29)(H,24,25,27). The van der Waals surface area contributed by atoms with Crippen molar-refractivity contribution < 1.29 is 4.79 Å². The molecule has 1 aliphatic heterocycles. The lowest BCUT2D eigenvalue weighted by Crippen LogP contribution is -2.27. The fourth-order valence-corrected chi connectivity index (χ4v) is 3.79. The van der Waals surface area contributed by atoms with Crippen molar-refractivity contribution in [2.45, 2.75) is 12.5 Å². The number of hydrogen-bond donors (Lipinski definition) is 2. The Hall–Kier alpha value is -2.96. The van der Waals surface area contributed by atoms with E-state index in [1.54, 1.807) is 6.20 Å². The summed E-state index contributed by atoms with van der Waals surface area (Å²) in [5.74, 6) is 0.457. The summed E-state index contributed by atoms with van der Waals surface area (Å²) < 4.78 is 0. The number of nitrogens with zero attached hydrogens (tertiary/aromatic N) is 3. The molecule has 0 bridgehead atoms. The van der Waals surface area contributed by atoms with Gasteiger partial charge in [-0.3, -0.25) is 4.79 Å². The molecule has 2 N–H and O–H groups in total. The van der Waals surface area contributed by atoms with Crippen LogP contribution >= 0.6 is 11.6 Å². The summed E-state index contributed by atoms with van der Waals surface area (Å²) >= 11 is 6.40. The summed E-state index contributed by atoms with van der Waals surface area (Å²) in [6.45, 7) is 0.592. The van der Waals surface area contributed by atoms with Gasteiger partial charge in [0.2, 0.25) is 11.9 Å². The Kier molecular flexibility index (Phi) is 5.47. The number of rotatable bonds is 5. The second-order valence-electron chi connectivity index (χ2n) is 7.22. The van der Waals surface area contributed by atoms with Crippen molar-refractivity contribution in [2.24, 2.45) is 0 Å². The smallest absolute Gasteiger partial charge is 0.228 e. The first-order valence-corrected chi connectivity index (χ1v) is 9.80. The van der Waals surface area contributed by atoms with Crippen molar-refractivity contribution in [1.82, 2.24) is 14.9 Å². The molecular formula is C22H22ClN5O. The Morgan fingerprint density at radius 3 is 2.72 bits per heavy atom. The van der Waals surface area contributed by atoms with Gasteiger partial charge in [0.15, 0.2) is 0 Å². The maximum absolute atomic E-state index is 12.2. The molecule has 7 heteroatoms. The SMILES string of the molecule is CN(C)C(CNc1ncc2c(n1)-c1ccccc1NC(=O)C2)c1ccccc1Cl. The maximum Gasteiger partial charge on any atom is 0.228 e. The molecule has 0 aliphatic carbocycles. The van der Waals surface area contributed by atoms with E-state index in [4.69, 9.17) is 16.6 Å². The Morgan fingerprint density at radius 1 is 1.17 bits per heavy atom. The van der Waals surface area contributed by atoms with E-state index in [-0.39, 0.29) is 18.4 Å². The van der Waals surface area contributed by atoms with Crippen LogP contribution in [0.15, 0.2) is 54.7 Å². The van der Waals surface area contributed by atoms with Gasteiger partial charge in [-0.15, -0.1) is 0 Å². The molecule has 1 aromatic heterocycles. The summed E-state index contributed by atoms with van der Waals surface area (Å²) in [5.41, 5.74) is 4.29. The van der Waals surface area contributed by atoms with Gasteiger partial charge in [0.25, 0.3) is 0 Å². The molecule has 4 rings (SSSR count). The van der Waals surface area contributed by atoms with E-state index in [0.717, 1.165) is 33.1 Å². The number of carbonyl (C=O) groups excluding carboxylic acids is 1. The van der Waals surface area contributed by atoms with Crippen molar-refractivity contribution in [3.63, 3.8) is 0 Å². The largest absolute Gasteiger partial charge is 0.352 e. The van der Waals surface area contributed by atoms with Crippen LogP contribution in [0.1, 0.15) is 17.2 Å². The number of benzene rings is 2. The number of anilines is 2. The van der Waals surface area contributed by atoms with Crippen molar-refractivity contribution in [3.8, 4) is 11.3 Å². The summed E-state index contributed by atoms with van der Waals surface area (Å²) in [6, 6.07) is 15.6. The number of halogens is 1. The maximum atomic E-state index is 12.2. The van der Waals surface area contributed by atoms with Crippen molar-refractivity contribution in [2.75, 3.05) is 31.3 Å². The predicted octanol–water partition coefficient (Wildman–Crippen LogP) is 4.01. The van der Waals surface area contributed by atoms with E-state index in [0.29, 0.717) is 12.5 Å². The predicted molar refractivity (Wildman–Crippen MR) is 116 cm³/mol. The van der Waals surface area contributed by atoms with Crippen molar-refractivity contribution in [1.29, 1.82) is 0 Å². The fourth-order valence-electron chi connectivity index (χ4n) is 3.52. The summed E-state index contributed by atoms with van der Waals surface area (Å²) in [7, 11) is 4.03. The minimum absolute atomic E-state index is 0.0571. The highest BCUT2D eigenvalue weighted by Gasteiger charge is 2.21. The van der Waals surface area contributed by atoms with Gasteiger partial charge >= 0.3 is 0 Å². The van der Waals surface area contributed by atoms with E-state index < -0.39 is 0 Å². The Labute approximate surface area is 174 Å². The average molecular weight is 408 g/mol. The van der Waals surface area contributed by atoms with E-state index in [9.17, 15) is 4.79 Å². The zero-order chi connectivity index (χ0) is 20.4. The zero-order valence-corrected chi connectivity index (χ0v) is 17.1. The molecule has 1 atom stereocenters. The van der Waals surface area contributed by atoms with E-state index in [2.05, 4.69) is 20.5 Å². The molecule has 0 saturated carbocycles. The number of nitrogens with one attached hydrogen (secondary N) is 2. The third-order valence-electron chi connectivity index (χ3n) is 5.01. The molecule has 0 spiro atoms. The monoisotopic (exact) mass is 407 g/mol. The van der Waals surface area contributed by atoms with Crippen LogP contribution in [-0.2, 0) is 11.2 Å². The molecule has 148 valence electrons. The molecular weight excluding hydrogens is 386 g/mol. The third kappa shape index (κ3) is 4.09. The van der Waals surface area contributed by atoms with Crippen molar-refractivity contribution >= 4 is 29.1 Å². The Morgan fingerprint density at radius 2 is 1.93 bits per heavy atom. The number of fused-ring (bicyclic) bond motifs is 3. The first-order chi connectivity index (χ1) is 14.0. The number of carbonyl (C=O) groups is 1. The molecule has 2 heterocycles. The Balaban J connectivity index is 1.62. The van der Waals surface area contributed by atoms with Crippen LogP contribution in [0.2, 0.25) is 5.02 Å². The van der Waals surface area contributed by atoms with Gasteiger partial charge in [-0.2, -0.15) is 0 Å². The summed E-state index contributed by atoms with van der Waals surface area (Å²) in [5, 5.41) is 7.00.